The molecule has 6 nitrogen and oxygen atoms in total. The molecule has 1 aliphatic heterocycles. The number of halogens is 1. The predicted octanol–water partition coefficient (Wildman–Crippen LogP) is 3.36. The number of aromatic amines is 1. The number of likely N-dealkylation sites (N-methyl/N-ethyl adjacent to an activating group) is 1. The normalized spacial score (nSPS) is 17.0. The maximum atomic E-state index is 13.9. The summed E-state index contributed by atoms with van der Waals surface area (Å²) in [5.74, 6) is 0.454. The van der Waals surface area contributed by atoms with Crippen LogP contribution in [0.4, 0.5) is 21.6 Å². The van der Waals surface area contributed by atoms with Gasteiger partial charge in [0.1, 0.15) is 23.6 Å². The van der Waals surface area contributed by atoms with Crippen molar-refractivity contribution in [3.05, 3.63) is 54.0 Å². The molecule has 1 aromatic carbocycles. The molecule has 1 N–H and O–H groups in total. The summed E-state index contributed by atoms with van der Waals surface area (Å²) >= 11 is 0. The second-order valence-electron chi connectivity index (χ2n) is 6.18. The van der Waals surface area contributed by atoms with Crippen molar-refractivity contribution in [3.8, 4) is 0 Å². The lowest BCUT2D eigenvalue weighted by atomic mass is 10.2. The summed E-state index contributed by atoms with van der Waals surface area (Å²) in [6, 6.07) is 7.01. The van der Waals surface area contributed by atoms with Crippen molar-refractivity contribution in [3.63, 3.8) is 0 Å². The Morgan fingerprint density at radius 2 is 2.24 bits per heavy atom. The zero-order valence-electron chi connectivity index (χ0n) is 13.8. The van der Waals surface area contributed by atoms with Crippen molar-refractivity contribution in [1.82, 2.24) is 15.0 Å². The average Bonchev–Trinajstić information content (AvgIpc) is 3.30. The zero-order valence-corrected chi connectivity index (χ0v) is 13.8. The van der Waals surface area contributed by atoms with Gasteiger partial charge in [-0.3, -0.25) is 0 Å². The van der Waals surface area contributed by atoms with Gasteiger partial charge in [-0.15, -0.1) is 0 Å². The van der Waals surface area contributed by atoms with Gasteiger partial charge in [0.05, 0.1) is 12.0 Å². The Balaban J connectivity index is 1.55. The Morgan fingerprint density at radius 1 is 1.36 bits per heavy atom. The summed E-state index contributed by atoms with van der Waals surface area (Å²) in [7, 11) is 1.96. The molecule has 1 aliphatic rings. The first-order chi connectivity index (χ1) is 12.2. The Labute approximate surface area is 144 Å². The van der Waals surface area contributed by atoms with Crippen LogP contribution in [0.2, 0.25) is 0 Å². The van der Waals surface area contributed by atoms with Crippen LogP contribution in [0.5, 0.6) is 0 Å². The first-order valence-electron chi connectivity index (χ1n) is 8.10. The van der Waals surface area contributed by atoms with Crippen LogP contribution in [-0.2, 0) is 0 Å². The van der Waals surface area contributed by atoms with E-state index in [2.05, 4.69) is 29.6 Å². The Bertz CT molecular complexity index is 960. The molecule has 0 radical (unpaired) electrons. The molecule has 126 valence electrons. The summed E-state index contributed by atoms with van der Waals surface area (Å²) in [6.07, 6.45) is 4.40. The van der Waals surface area contributed by atoms with Gasteiger partial charge in [-0.05, 0) is 24.6 Å². The molecule has 3 heterocycles. The third-order valence-corrected chi connectivity index (χ3v) is 4.80. The number of nitrogens with zero attached hydrogens (tertiary/aromatic N) is 5. The van der Waals surface area contributed by atoms with E-state index in [1.54, 1.807) is 12.4 Å². The van der Waals surface area contributed by atoms with Gasteiger partial charge < -0.3 is 14.8 Å². The number of benzene rings is 1. The topological polar surface area (TPSA) is 52.4 Å². The van der Waals surface area contributed by atoms with Gasteiger partial charge in [0.25, 0.3) is 0 Å². The molecule has 0 unspecified atom stereocenters. The van der Waals surface area contributed by atoms with Crippen molar-refractivity contribution in [2.45, 2.75) is 12.5 Å². The molecule has 0 amide bonds. The van der Waals surface area contributed by atoms with Crippen LogP contribution in [0.3, 0.4) is 0 Å². The van der Waals surface area contributed by atoms with Gasteiger partial charge in [-0.2, -0.15) is 0 Å². The van der Waals surface area contributed by atoms with E-state index in [0.717, 1.165) is 42.0 Å². The highest BCUT2D eigenvalue weighted by Gasteiger charge is 2.28. The minimum Gasteiger partial charge on any atom is -0.370 e. The molecular weight excluding hydrogens is 319 g/mol. The van der Waals surface area contributed by atoms with E-state index >= 15 is 0 Å². The van der Waals surface area contributed by atoms with Crippen LogP contribution < -0.4 is 9.80 Å². The summed E-state index contributed by atoms with van der Waals surface area (Å²) in [5.41, 5.74) is 1.67. The molecule has 3 aromatic rings. The summed E-state index contributed by atoms with van der Waals surface area (Å²) < 4.78 is 13.9. The molecule has 1 saturated heterocycles. The Hall–Kier alpha value is -3.14. The molecule has 1 atom stereocenters. The molecule has 0 aliphatic carbocycles. The fourth-order valence-corrected chi connectivity index (χ4v) is 3.38. The van der Waals surface area contributed by atoms with Crippen LogP contribution >= 0.6 is 0 Å². The molecule has 4 rings (SSSR count). The lowest BCUT2D eigenvalue weighted by molar-refractivity contribution is 0.629. The maximum Gasteiger partial charge on any atom is 0.222 e. The predicted molar refractivity (Wildman–Crippen MR) is 95.6 cm³/mol. The van der Waals surface area contributed by atoms with Crippen molar-refractivity contribution < 1.29 is 4.39 Å². The van der Waals surface area contributed by atoms with Gasteiger partial charge >= 0.3 is 0 Å². The quantitative estimate of drug-likeness (QED) is 0.745. The number of hydrogen-bond donors (Lipinski definition) is 1. The largest absolute Gasteiger partial charge is 0.370 e. The fraction of sp³-hybridized carbons (Fsp3) is 0.278. The molecule has 7 heteroatoms. The standard InChI is InChI=1S/C18H17FN6/c1-20-16-4-3-12(9-15(16)19)24(2)13-6-8-25(10-13)18-14-5-7-21-17(14)22-11-23-18/h3-5,7,9,11,13H,6,8,10H2,2H3,(H,21,22,23)/t13-/m1/s1. The van der Waals surface area contributed by atoms with Crippen LogP contribution in [-0.4, -0.2) is 41.1 Å². The summed E-state index contributed by atoms with van der Waals surface area (Å²) in [6.45, 7) is 8.64. The number of nitrogens with one attached hydrogen (secondary N) is 1. The highest BCUT2D eigenvalue weighted by molar-refractivity contribution is 5.87. The van der Waals surface area contributed by atoms with Crippen molar-refractivity contribution >= 4 is 28.2 Å². The van der Waals surface area contributed by atoms with E-state index in [1.807, 2.05) is 19.3 Å². The van der Waals surface area contributed by atoms with E-state index in [1.165, 1.54) is 12.1 Å². The second kappa shape index (κ2) is 6.06. The molecule has 0 spiro atoms. The zero-order chi connectivity index (χ0) is 17.4. The lowest BCUT2D eigenvalue weighted by Crippen LogP contribution is -2.34. The summed E-state index contributed by atoms with van der Waals surface area (Å²) in [4.78, 5) is 19.3. The third kappa shape index (κ3) is 2.66. The molecule has 1 fully saturated rings. The van der Waals surface area contributed by atoms with Gasteiger partial charge in [-0.25, -0.2) is 19.2 Å². The van der Waals surface area contributed by atoms with Crippen LogP contribution in [0, 0.1) is 12.4 Å². The SMILES string of the molecule is [C-]#[N+]c1ccc(N(C)[C@@H]2CCN(c3ncnc4[nH]ccc34)C2)cc1F. The van der Waals surface area contributed by atoms with Crippen LogP contribution in [0.15, 0.2) is 36.8 Å². The second-order valence-corrected chi connectivity index (χ2v) is 6.18. The number of aromatic nitrogens is 3. The van der Waals surface area contributed by atoms with Gasteiger partial charge in [0, 0.05) is 38.1 Å². The first-order valence-corrected chi connectivity index (χ1v) is 8.10. The van der Waals surface area contributed by atoms with Gasteiger partial charge in [-0.1, -0.05) is 6.07 Å². The Morgan fingerprint density at radius 3 is 3.04 bits per heavy atom. The molecule has 25 heavy (non-hydrogen) atoms. The van der Waals surface area contributed by atoms with Gasteiger partial charge in [0.2, 0.25) is 5.69 Å². The molecule has 2 aromatic heterocycles. The number of fused-ring (bicyclic) bond motifs is 1. The molecular formula is C18H17FN6. The minimum absolute atomic E-state index is 0.0565. The van der Waals surface area contributed by atoms with Crippen molar-refractivity contribution in [1.29, 1.82) is 0 Å². The fourth-order valence-electron chi connectivity index (χ4n) is 3.38. The summed E-state index contributed by atoms with van der Waals surface area (Å²) in [5, 5.41) is 1.01. The number of anilines is 2. The Kier molecular flexibility index (Phi) is 3.73. The monoisotopic (exact) mass is 336 g/mol. The van der Waals surface area contributed by atoms with Crippen LogP contribution in [0.1, 0.15) is 6.42 Å². The van der Waals surface area contributed by atoms with Crippen molar-refractivity contribution in [2.75, 3.05) is 29.9 Å². The first kappa shape index (κ1) is 15.4. The maximum absolute atomic E-state index is 13.9. The van der Waals surface area contributed by atoms with E-state index in [0.29, 0.717) is 0 Å². The highest BCUT2D eigenvalue weighted by Crippen LogP contribution is 2.30. The van der Waals surface area contributed by atoms with E-state index in [4.69, 9.17) is 6.57 Å². The van der Waals surface area contributed by atoms with E-state index in [9.17, 15) is 4.39 Å². The number of H-pyrrole nitrogens is 1. The number of hydrogen-bond acceptors (Lipinski definition) is 4. The minimum atomic E-state index is -0.473. The van der Waals surface area contributed by atoms with E-state index < -0.39 is 5.82 Å². The van der Waals surface area contributed by atoms with Crippen molar-refractivity contribution in [2.24, 2.45) is 0 Å². The van der Waals surface area contributed by atoms with Gasteiger partial charge in [0.15, 0.2) is 0 Å². The lowest BCUT2D eigenvalue weighted by Gasteiger charge is -2.27. The van der Waals surface area contributed by atoms with Crippen LogP contribution in [0.25, 0.3) is 15.9 Å². The molecule has 0 saturated carbocycles. The highest BCUT2D eigenvalue weighted by atomic mass is 19.1. The van der Waals surface area contributed by atoms with E-state index in [-0.39, 0.29) is 11.7 Å². The number of rotatable bonds is 3. The average molecular weight is 336 g/mol. The molecule has 0 bridgehead atoms. The third-order valence-electron chi connectivity index (χ3n) is 4.80. The smallest absolute Gasteiger partial charge is 0.222 e.